The summed E-state index contributed by atoms with van der Waals surface area (Å²) in [5.74, 6) is -0.385. The van der Waals surface area contributed by atoms with Crippen LogP contribution in [0.1, 0.15) is 20.9 Å². The number of hydrogen-bond acceptors (Lipinski definition) is 6. The van der Waals surface area contributed by atoms with Crippen molar-refractivity contribution in [3.8, 4) is 0 Å². The van der Waals surface area contributed by atoms with Gasteiger partial charge >= 0.3 is 5.97 Å². The zero-order valence-electron chi connectivity index (χ0n) is 10.9. The fourth-order valence-corrected chi connectivity index (χ4v) is 2.73. The van der Waals surface area contributed by atoms with Crippen LogP contribution in [-0.2, 0) is 4.74 Å². The number of aromatic nitrogens is 1. The Morgan fingerprint density at radius 1 is 1.55 bits per heavy atom. The van der Waals surface area contributed by atoms with E-state index in [0.29, 0.717) is 15.7 Å². The molecule has 0 radical (unpaired) electrons. The quantitative estimate of drug-likeness (QED) is 0.519. The lowest BCUT2D eigenvalue weighted by molar-refractivity contribution is 0.0605. The number of nitrogens with zero attached hydrogens (tertiary/aromatic N) is 2. The van der Waals surface area contributed by atoms with Gasteiger partial charge in [-0.05, 0) is 24.6 Å². The SMILES string of the molecule is COC(=O)c1sc(N/N=C\c2cccc(Br)c2)nc1C. The molecule has 1 N–H and O–H groups in total. The zero-order chi connectivity index (χ0) is 14.5. The molecule has 0 unspecified atom stereocenters. The van der Waals surface area contributed by atoms with Gasteiger partial charge in [0.25, 0.3) is 0 Å². The second-order valence-electron chi connectivity index (χ2n) is 3.85. The molecule has 0 amide bonds. The van der Waals surface area contributed by atoms with Crippen molar-refractivity contribution in [1.82, 2.24) is 4.98 Å². The van der Waals surface area contributed by atoms with Crippen LogP contribution >= 0.6 is 27.3 Å². The van der Waals surface area contributed by atoms with Crippen molar-refractivity contribution in [3.63, 3.8) is 0 Å². The first-order valence-corrected chi connectivity index (χ1v) is 7.31. The van der Waals surface area contributed by atoms with Crippen LogP contribution in [0.4, 0.5) is 5.13 Å². The molecule has 0 saturated heterocycles. The molecule has 0 aliphatic heterocycles. The maximum Gasteiger partial charge on any atom is 0.350 e. The highest BCUT2D eigenvalue weighted by Crippen LogP contribution is 2.23. The number of ether oxygens (including phenoxy) is 1. The van der Waals surface area contributed by atoms with Crippen molar-refractivity contribution >= 4 is 44.6 Å². The second-order valence-corrected chi connectivity index (χ2v) is 5.76. The molecule has 104 valence electrons. The summed E-state index contributed by atoms with van der Waals surface area (Å²) in [6.07, 6.45) is 1.68. The van der Waals surface area contributed by atoms with Gasteiger partial charge in [-0.2, -0.15) is 5.10 Å². The number of hydrogen-bond donors (Lipinski definition) is 1. The lowest BCUT2D eigenvalue weighted by Crippen LogP contribution is -1.99. The highest BCUT2D eigenvalue weighted by atomic mass is 79.9. The Labute approximate surface area is 128 Å². The number of methoxy groups -OCH3 is 1. The maximum atomic E-state index is 11.5. The number of nitrogens with one attached hydrogen (secondary N) is 1. The van der Waals surface area contributed by atoms with Gasteiger partial charge in [-0.1, -0.05) is 39.4 Å². The van der Waals surface area contributed by atoms with Crippen molar-refractivity contribution < 1.29 is 9.53 Å². The zero-order valence-corrected chi connectivity index (χ0v) is 13.3. The number of rotatable bonds is 4. The maximum absolute atomic E-state index is 11.5. The summed E-state index contributed by atoms with van der Waals surface area (Å²) in [6, 6.07) is 7.74. The van der Waals surface area contributed by atoms with Crippen molar-refractivity contribution in [1.29, 1.82) is 0 Å². The minimum absolute atomic E-state index is 0.385. The summed E-state index contributed by atoms with van der Waals surface area (Å²) < 4.78 is 5.66. The fraction of sp³-hybridized carbons (Fsp3) is 0.154. The monoisotopic (exact) mass is 353 g/mol. The van der Waals surface area contributed by atoms with Crippen LogP contribution in [0.2, 0.25) is 0 Å². The number of anilines is 1. The van der Waals surface area contributed by atoms with Gasteiger partial charge in [-0.25, -0.2) is 9.78 Å². The minimum Gasteiger partial charge on any atom is -0.465 e. The Morgan fingerprint density at radius 3 is 3.05 bits per heavy atom. The van der Waals surface area contributed by atoms with E-state index < -0.39 is 0 Å². The average molecular weight is 354 g/mol. The second kappa shape index (κ2) is 6.62. The summed E-state index contributed by atoms with van der Waals surface area (Å²) >= 11 is 4.60. The first-order valence-electron chi connectivity index (χ1n) is 5.70. The lowest BCUT2D eigenvalue weighted by atomic mass is 10.2. The molecule has 20 heavy (non-hydrogen) atoms. The molecule has 2 aromatic rings. The van der Waals surface area contributed by atoms with E-state index in [2.05, 4.69) is 36.2 Å². The predicted molar refractivity (Wildman–Crippen MR) is 83.5 cm³/mol. The smallest absolute Gasteiger partial charge is 0.350 e. The van der Waals surface area contributed by atoms with E-state index in [1.165, 1.54) is 18.4 Å². The van der Waals surface area contributed by atoms with E-state index in [-0.39, 0.29) is 5.97 Å². The van der Waals surface area contributed by atoms with Crippen LogP contribution in [0.5, 0.6) is 0 Å². The van der Waals surface area contributed by atoms with E-state index >= 15 is 0 Å². The van der Waals surface area contributed by atoms with Crippen LogP contribution in [0.15, 0.2) is 33.8 Å². The van der Waals surface area contributed by atoms with E-state index in [1.54, 1.807) is 13.1 Å². The minimum atomic E-state index is -0.385. The molecule has 1 heterocycles. The third-order valence-corrected chi connectivity index (χ3v) is 3.93. The number of halogens is 1. The van der Waals surface area contributed by atoms with Crippen molar-refractivity contribution in [2.45, 2.75) is 6.92 Å². The molecule has 0 atom stereocenters. The molecule has 1 aromatic carbocycles. The first kappa shape index (κ1) is 14.7. The van der Waals surface area contributed by atoms with Gasteiger partial charge in [0.2, 0.25) is 5.13 Å². The summed E-state index contributed by atoms with van der Waals surface area (Å²) in [7, 11) is 1.35. The summed E-state index contributed by atoms with van der Waals surface area (Å²) in [6.45, 7) is 1.76. The third kappa shape index (κ3) is 3.64. The van der Waals surface area contributed by atoms with Gasteiger partial charge in [-0.15, -0.1) is 0 Å². The highest BCUT2D eigenvalue weighted by Gasteiger charge is 2.15. The highest BCUT2D eigenvalue weighted by molar-refractivity contribution is 9.10. The molecule has 0 saturated carbocycles. The van der Waals surface area contributed by atoms with Crippen LogP contribution in [0.3, 0.4) is 0 Å². The van der Waals surface area contributed by atoms with Crippen molar-refractivity contribution in [2.24, 2.45) is 5.10 Å². The average Bonchev–Trinajstić information content (AvgIpc) is 2.79. The van der Waals surface area contributed by atoms with E-state index in [4.69, 9.17) is 0 Å². The van der Waals surface area contributed by atoms with Gasteiger partial charge in [-0.3, -0.25) is 5.43 Å². The number of hydrazone groups is 1. The topological polar surface area (TPSA) is 63.6 Å². The normalized spacial score (nSPS) is 10.8. The Bertz CT molecular complexity index is 655. The standard InChI is InChI=1S/C13H12BrN3O2S/c1-8-11(12(18)19-2)20-13(16-8)17-15-7-9-4-3-5-10(14)6-9/h3-7H,1-2H3,(H,16,17)/b15-7-. The number of aryl methyl sites for hydroxylation is 1. The predicted octanol–water partition coefficient (Wildman–Crippen LogP) is 3.45. The Balaban J connectivity index is 2.06. The largest absolute Gasteiger partial charge is 0.465 e. The van der Waals surface area contributed by atoms with Crippen LogP contribution < -0.4 is 5.43 Å². The van der Waals surface area contributed by atoms with Gasteiger partial charge in [0.05, 0.1) is 19.0 Å². The third-order valence-electron chi connectivity index (χ3n) is 2.39. The summed E-state index contributed by atoms with van der Waals surface area (Å²) in [4.78, 5) is 16.1. The van der Waals surface area contributed by atoms with Gasteiger partial charge in [0.1, 0.15) is 4.88 Å². The number of carbonyl (C=O) groups excluding carboxylic acids is 1. The number of esters is 1. The summed E-state index contributed by atoms with van der Waals surface area (Å²) in [5, 5.41) is 4.64. The Kier molecular flexibility index (Phi) is 4.86. The fourth-order valence-electron chi connectivity index (χ4n) is 1.48. The molecule has 0 spiro atoms. The van der Waals surface area contributed by atoms with Crippen LogP contribution in [0, 0.1) is 6.92 Å². The number of benzene rings is 1. The first-order chi connectivity index (χ1) is 9.60. The number of thiazole rings is 1. The number of carbonyl (C=O) groups is 1. The molecular weight excluding hydrogens is 342 g/mol. The van der Waals surface area contributed by atoms with E-state index in [0.717, 1.165) is 10.0 Å². The van der Waals surface area contributed by atoms with Crippen LogP contribution in [0.25, 0.3) is 0 Å². The molecule has 2 rings (SSSR count). The van der Waals surface area contributed by atoms with Crippen molar-refractivity contribution in [2.75, 3.05) is 12.5 Å². The molecular formula is C13H12BrN3O2S. The van der Waals surface area contributed by atoms with Gasteiger partial charge in [0.15, 0.2) is 0 Å². The van der Waals surface area contributed by atoms with Gasteiger partial charge < -0.3 is 4.74 Å². The molecule has 1 aromatic heterocycles. The van der Waals surface area contributed by atoms with E-state index in [1.807, 2.05) is 24.3 Å². The molecule has 5 nitrogen and oxygen atoms in total. The molecule has 0 fully saturated rings. The van der Waals surface area contributed by atoms with Gasteiger partial charge in [0, 0.05) is 4.47 Å². The van der Waals surface area contributed by atoms with Crippen molar-refractivity contribution in [3.05, 3.63) is 44.9 Å². The molecule has 7 heteroatoms. The molecule has 0 aliphatic rings. The Hall–Kier alpha value is -1.73. The summed E-state index contributed by atoms with van der Waals surface area (Å²) in [5.41, 5.74) is 4.39. The van der Waals surface area contributed by atoms with E-state index in [9.17, 15) is 4.79 Å². The molecule has 0 aliphatic carbocycles. The Morgan fingerprint density at radius 2 is 2.35 bits per heavy atom. The lowest BCUT2D eigenvalue weighted by Gasteiger charge is -1.95. The van der Waals surface area contributed by atoms with Crippen LogP contribution in [-0.4, -0.2) is 24.3 Å². The molecule has 0 bridgehead atoms.